The summed E-state index contributed by atoms with van der Waals surface area (Å²) in [5, 5.41) is 0.654. The van der Waals surface area contributed by atoms with Crippen LogP contribution in [0.3, 0.4) is 0 Å². The summed E-state index contributed by atoms with van der Waals surface area (Å²) in [5.41, 5.74) is 2.50. The van der Waals surface area contributed by atoms with Crippen LogP contribution in [0.5, 0.6) is 17.2 Å². The Balaban J connectivity index is 1.44. The number of methoxy groups -OCH3 is 2. The number of ether oxygens (including phenoxy) is 3. The molecule has 0 radical (unpaired) electrons. The lowest BCUT2D eigenvalue weighted by Gasteiger charge is -2.49. The number of fused-ring (bicyclic) bond motifs is 1. The molecule has 2 fully saturated rings. The average Bonchev–Trinajstić information content (AvgIpc) is 2.86. The lowest BCUT2D eigenvalue weighted by atomic mass is 9.89. The molecule has 2 aliphatic heterocycles. The lowest BCUT2D eigenvalue weighted by molar-refractivity contribution is 0.0715. The van der Waals surface area contributed by atoms with Crippen LogP contribution in [0.25, 0.3) is 0 Å². The van der Waals surface area contributed by atoms with E-state index in [1.54, 1.807) is 14.2 Å². The molecule has 2 aromatic rings. The minimum absolute atomic E-state index is 0.414. The van der Waals surface area contributed by atoms with Gasteiger partial charge in [0.25, 0.3) is 0 Å². The number of piperazine rings is 1. The first-order valence-corrected chi connectivity index (χ1v) is 12.7. The lowest BCUT2D eigenvalue weighted by Crippen LogP contribution is -2.55. The molecule has 34 heavy (non-hydrogen) atoms. The first-order chi connectivity index (χ1) is 16.5. The van der Waals surface area contributed by atoms with E-state index in [-0.39, 0.29) is 0 Å². The highest BCUT2D eigenvalue weighted by molar-refractivity contribution is 6.32. The summed E-state index contributed by atoms with van der Waals surface area (Å²) in [6.07, 6.45) is 4.63. The van der Waals surface area contributed by atoms with Gasteiger partial charge in [0.15, 0.2) is 11.5 Å². The van der Waals surface area contributed by atoms with E-state index in [1.807, 2.05) is 6.07 Å². The van der Waals surface area contributed by atoms with Crippen molar-refractivity contribution in [2.45, 2.75) is 37.8 Å². The van der Waals surface area contributed by atoms with Crippen molar-refractivity contribution in [2.75, 3.05) is 66.0 Å². The molecule has 0 N–H and O–H groups in total. The Labute approximate surface area is 209 Å². The van der Waals surface area contributed by atoms with Gasteiger partial charge in [0, 0.05) is 50.0 Å². The van der Waals surface area contributed by atoms with Crippen molar-refractivity contribution in [3.8, 4) is 17.2 Å². The van der Waals surface area contributed by atoms with Crippen LogP contribution in [0.4, 0.5) is 5.69 Å². The summed E-state index contributed by atoms with van der Waals surface area (Å²) in [6, 6.07) is 13.5. The van der Waals surface area contributed by atoms with Crippen molar-refractivity contribution >= 4 is 17.3 Å². The van der Waals surface area contributed by atoms with Crippen LogP contribution in [0.15, 0.2) is 36.4 Å². The fraction of sp³-hybridized carbons (Fsp3) is 0.556. The van der Waals surface area contributed by atoms with E-state index in [1.165, 1.54) is 30.5 Å². The van der Waals surface area contributed by atoms with Crippen molar-refractivity contribution < 1.29 is 14.2 Å². The minimum Gasteiger partial charge on any atom is -0.495 e. The van der Waals surface area contributed by atoms with Gasteiger partial charge in [0.05, 0.1) is 25.8 Å². The summed E-state index contributed by atoms with van der Waals surface area (Å²) in [5.74, 6) is 2.40. The zero-order chi connectivity index (χ0) is 24.1. The minimum atomic E-state index is 0.414. The molecule has 0 aliphatic carbocycles. The van der Waals surface area contributed by atoms with Gasteiger partial charge in [-0.2, -0.15) is 0 Å². The Morgan fingerprint density at radius 3 is 2.56 bits per heavy atom. The molecule has 2 heterocycles. The Bertz CT molecular complexity index is 955. The molecule has 0 bridgehead atoms. The zero-order valence-corrected chi connectivity index (χ0v) is 21.7. The van der Waals surface area contributed by atoms with Gasteiger partial charge in [0.2, 0.25) is 0 Å². The van der Waals surface area contributed by atoms with Crippen LogP contribution < -0.4 is 19.1 Å². The summed E-state index contributed by atoms with van der Waals surface area (Å²) < 4.78 is 17.2. The molecule has 0 amide bonds. The van der Waals surface area contributed by atoms with Gasteiger partial charge >= 0.3 is 0 Å². The van der Waals surface area contributed by atoms with Gasteiger partial charge in [-0.1, -0.05) is 17.7 Å². The molecule has 0 aromatic heterocycles. The smallest absolute Gasteiger partial charge is 0.161 e. The van der Waals surface area contributed by atoms with Gasteiger partial charge in [-0.15, -0.1) is 0 Å². The molecule has 1 unspecified atom stereocenters. The van der Waals surface area contributed by atoms with Crippen molar-refractivity contribution in [3.05, 3.63) is 47.0 Å². The quantitative estimate of drug-likeness (QED) is 0.458. The number of halogens is 1. The number of hydrogen-bond donors (Lipinski definition) is 0. The number of hydrogen-bond acceptors (Lipinski definition) is 6. The summed E-state index contributed by atoms with van der Waals surface area (Å²) in [7, 11) is 7.57. The molecule has 0 spiro atoms. The fourth-order valence-corrected chi connectivity index (χ4v) is 5.46. The van der Waals surface area contributed by atoms with Gasteiger partial charge < -0.3 is 24.0 Å². The zero-order valence-electron chi connectivity index (χ0n) is 20.9. The monoisotopic (exact) mass is 487 g/mol. The number of piperidine rings is 1. The molecule has 4 rings (SSSR count). The molecular formula is C27H38ClN3O3. The predicted molar refractivity (Wildman–Crippen MR) is 139 cm³/mol. The van der Waals surface area contributed by atoms with Crippen LogP contribution in [0.2, 0.25) is 5.02 Å². The van der Waals surface area contributed by atoms with Gasteiger partial charge in [-0.25, -0.2) is 0 Å². The second kappa shape index (κ2) is 11.5. The topological polar surface area (TPSA) is 37.4 Å². The molecule has 2 aliphatic rings. The highest BCUT2D eigenvalue weighted by Crippen LogP contribution is 2.40. The number of nitrogens with zero attached hydrogens (tertiary/aromatic N) is 3. The Kier molecular flexibility index (Phi) is 8.46. The number of benzene rings is 2. The van der Waals surface area contributed by atoms with Gasteiger partial charge in [0.1, 0.15) is 5.75 Å². The maximum atomic E-state index is 6.24. The summed E-state index contributed by atoms with van der Waals surface area (Å²) in [6.45, 7) is 4.74. The van der Waals surface area contributed by atoms with Crippen LogP contribution in [0.1, 0.15) is 37.3 Å². The van der Waals surface area contributed by atoms with E-state index in [0.29, 0.717) is 23.7 Å². The van der Waals surface area contributed by atoms with E-state index < -0.39 is 0 Å². The van der Waals surface area contributed by atoms with E-state index in [4.69, 9.17) is 25.8 Å². The van der Waals surface area contributed by atoms with E-state index >= 15 is 0 Å². The molecule has 6 nitrogen and oxygen atoms in total. The van der Waals surface area contributed by atoms with Crippen molar-refractivity contribution in [1.82, 2.24) is 9.80 Å². The standard InChI is InChI=1S/C27H38ClN3O3/c1-29(2)13-6-16-34-25-12-9-20(17-27(25)33-4)24-8-5-7-22-19-30(14-15-31(22)24)21-10-11-23(28)26(18-21)32-3/h9-12,17-18,22,24H,5-8,13-16,19H2,1-4H3/t22?,24-/m1/s1. The predicted octanol–water partition coefficient (Wildman–Crippen LogP) is 5.10. The Morgan fingerprint density at radius 2 is 1.79 bits per heavy atom. The Morgan fingerprint density at radius 1 is 0.971 bits per heavy atom. The normalized spacial score (nSPS) is 20.8. The van der Waals surface area contributed by atoms with Crippen LogP contribution >= 0.6 is 11.6 Å². The second-order valence-corrected chi connectivity index (χ2v) is 9.93. The molecule has 2 atom stereocenters. The molecule has 2 saturated heterocycles. The second-order valence-electron chi connectivity index (χ2n) is 9.52. The van der Waals surface area contributed by atoms with Crippen molar-refractivity contribution in [1.29, 1.82) is 0 Å². The van der Waals surface area contributed by atoms with E-state index in [9.17, 15) is 0 Å². The third-order valence-corrected chi connectivity index (χ3v) is 7.34. The molecule has 0 saturated carbocycles. The van der Waals surface area contributed by atoms with Crippen LogP contribution in [0, 0.1) is 0 Å². The molecule has 2 aromatic carbocycles. The summed E-state index contributed by atoms with van der Waals surface area (Å²) >= 11 is 6.24. The van der Waals surface area contributed by atoms with Gasteiger partial charge in [-0.05, 0) is 69.6 Å². The Hall–Kier alpha value is -2.15. The number of anilines is 1. The fourth-order valence-electron chi connectivity index (χ4n) is 5.26. The average molecular weight is 488 g/mol. The summed E-state index contributed by atoms with van der Waals surface area (Å²) in [4.78, 5) is 7.33. The molecule has 7 heteroatoms. The maximum absolute atomic E-state index is 6.24. The van der Waals surface area contributed by atoms with Crippen molar-refractivity contribution in [3.63, 3.8) is 0 Å². The first-order valence-electron chi connectivity index (χ1n) is 12.3. The number of rotatable bonds is 9. The maximum Gasteiger partial charge on any atom is 0.161 e. The van der Waals surface area contributed by atoms with Crippen LogP contribution in [-0.2, 0) is 0 Å². The largest absolute Gasteiger partial charge is 0.495 e. The molecular weight excluding hydrogens is 450 g/mol. The SMILES string of the molecule is COc1cc(N2CCN3C(CCC[C@@H]3c3ccc(OCCCN(C)C)c(OC)c3)C2)ccc1Cl. The highest BCUT2D eigenvalue weighted by Gasteiger charge is 2.36. The third kappa shape index (κ3) is 5.73. The van der Waals surface area contributed by atoms with E-state index in [0.717, 1.165) is 49.8 Å². The van der Waals surface area contributed by atoms with Gasteiger partial charge in [-0.3, -0.25) is 4.90 Å². The first kappa shape index (κ1) is 25.0. The van der Waals surface area contributed by atoms with E-state index in [2.05, 4.69) is 59.1 Å². The van der Waals surface area contributed by atoms with Crippen LogP contribution in [-0.4, -0.2) is 76.9 Å². The van der Waals surface area contributed by atoms with Crippen molar-refractivity contribution in [2.24, 2.45) is 0 Å². The highest BCUT2D eigenvalue weighted by atomic mass is 35.5. The molecule has 186 valence electrons. The third-order valence-electron chi connectivity index (χ3n) is 7.02.